The summed E-state index contributed by atoms with van der Waals surface area (Å²) in [6.45, 7) is 1.72. The molecule has 7 amide bonds. The van der Waals surface area contributed by atoms with Crippen LogP contribution in [0.15, 0.2) is 24.3 Å². The van der Waals surface area contributed by atoms with Crippen molar-refractivity contribution in [3.8, 4) is 5.75 Å². The molecule has 4 N–H and O–H groups in total. The third-order valence-corrected chi connectivity index (χ3v) is 10.6. The van der Waals surface area contributed by atoms with Crippen LogP contribution in [0, 0.1) is 0 Å². The van der Waals surface area contributed by atoms with Gasteiger partial charge in [0.15, 0.2) is 5.66 Å². The molecule has 20 heteroatoms. The third kappa shape index (κ3) is 5.01. The number of carbonyl (C=O) groups is 6. The van der Waals surface area contributed by atoms with Crippen LogP contribution in [0.2, 0.25) is 0 Å². The van der Waals surface area contributed by atoms with Crippen molar-refractivity contribution in [1.29, 1.82) is 0 Å². The smallest absolute Gasteiger partial charge is 0.545 e. The molecule has 0 aromatic heterocycles. The molecule has 0 aliphatic carbocycles. The normalized spacial score (nSPS) is 26.8. The Morgan fingerprint density at radius 2 is 1.76 bits per heavy atom. The van der Waals surface area contributed by atoms with Gasteiger partial charge in [-0.25, -0.2) is 27.2 Å². The molecule has 3 heterocycles. The maximum absolute atomic E-state index is 13.7. The first-order valence-electron chi connectivity index (χ1n) is 11.9. The molecule has 3 aliphatic heterocycles. The SMILES string of the molecule is CC1(C)S(=O)[C@@H]2[C@H](NC=O)C(=O)N2[C@@]1(NC(=O)C(NC(=O)N1CCN(S(C)(=O)=O)C1=O)c1ccc(O)cc1)C(=O)[O-].[Na+]. The summed E-state index contributed by atoms with van der Waals surface area (Å²) in [4.78, 5) is 77.0. The van der Waals surface area contributed by atoms with Crippen LogP contribution in [0.25, 0.3) is 0 Å². The number of imide groups is 1. The number of amides is 7. The maximum Gasteiger partial charge on any atom is 1.00 e. The van der Waals surface area contributed by atoms with E-state index in [1.165, 1.54) is 26.0 Å². The number of phenolic OH excluding ortho intramolecular Hbond substituents is 1. The van der Waals surface area contributed by atoms with E-state index in [4.69, 9.17) is 0 Å². The number of fused-ring (bicyclic) bond motifs is 1. The molecule has 2 unspecified atom stereocenters. The summed E-state index contributed by atoms with van der Waals surface area (Å²) in [6.07, 6.45) is 0.952. The third-order valence-electron chi connectivity index (χ3n) is 7.22. The number of hydrogen-bond acceptors (Lipinski definition) is 11. The first kappa shape index (κ1) is 33.2. The van der Waals surface area contributed by atoms with Crippen molar-refractivity contribution in [2.75, 3.05) is 19.3 Å². The second-order valence-corrected chi connectivity index (χ2v) is 13.9. The van der Waals surface area contributed by atoms with E-state index in [9.17, 15) is 51.6 Å². The Morgan fingerprint density at radius 3 is 2.26 bits per heavy atom. The molecule has 1 aromatic carbocycles. The number of phenols is 1. The second-order valence-electron chi connectivity index (χ2n) is 9.90. The molecule has 1 aromatic rings. The van der Waals surface area contributed by atoms with E-state index in [0.717, 1.165) is 18.4 Å². The van der Waals surface area contributed by atoms with Gasteiger partial charge in [0.2, 0.25) is 22.3 Å². The summed E-state index contributed by atoms with van der Waals surface area (Å²) in [5.41, 5.74) is -2.73. The summed E-state index contributed by atoms with van der Waals surface area (Å²) in [6, 6.07) is -0.765. The zero-order chi connectivity index (χ0) is 30.7. The maximum atomic E-state index is 13.7. The van der Waals surface area contributed by atoms with Crippen molar-refractivity contribution >= 4 is 57.1 Å². The van der Waals surface area contributed by atoms with Crippen molar-refractivity contribution in [1.82, 2.24) is 30.1 Å². The molecule has 3 saturated heterocycles. The second kappa shape index (κ2) is 11.4. The van der Waals surface area contributed by atoms with E-state index in [1.54, 1.807) is 0 Å². The number of urea groups is 2. The van der Waals surface area contributed by atoms with Crippen LogP contribution in [-0.4, -0.2) is 109 Å². The number of carbonyl (C=O) groups excluding carboxylic acids is 6. The van der Waals surface area contributed by atoms with Gasteiger partial charge < -0.3 is 31.0 Å². The number of aliphatic carboxylic acids is 1. The fourth-order valence-corrected chi connectivity index (χ4v) is 7.86. The average Bonchev–Trinajstić information content (AvgIpc) is 3.35. The Hall–Kier alpha value is -3.26. The van der Waals surface area contributed by atoms with Gasteiger partial charge in [-0.2, -0.15) is 0 Å². The number of nitrogens with one attached hydrogen (secondary N) is 3. The van der Waals surface area contributed by atoms with Crippen LogP contribution < -0.4 is 50.6 Å². The van der Waals surface area contributed by atoms with Crippen LogP contribution in [0.4, 0.5) is 9.59 Å². The standard InChI is InChI=1S/C22H26N6O11S2.Na/c1-21(2)22(18(33)34,28-16(32)14(23-10-29)17(28)40(21)37)25-15(31)13(11-4-6-12(30)7-5-11)24-19(35)26-8-9-27(20(26)36)41(3,38)39;/h4-7,10,13-14,17,30H,8-9H2,1-3H3,(H,23,29)(H,24,35)(H,25,31)(H,33,34);/q;+1/p-1/t13?,14-,17-,22+,40?;/m1./s1. The van der Waals surface area contributed by atoms with Gasteiger partial charge in [0, 0.05) is 0 Å². The van der Waals surface area contributed by atoms with E-state index in [0.29, 0.717) is 14.1 Å². The molecule has 5 atom stereocenters. The predicted octanol–water partition coefficient (Wildman–Crippen LogP) is -6.77. The van der Waals surface area contributed by atoms with Crippen molar-refractivity contribution in [3.05, 3.63) is 29.8 Å². The number of rotatable bonds is 8. The molecule has 3 fully saturated rings. The van der Waals surface area contributed by atoms with Gasteiger partial charge in [-0.1, -0.05) is 12.1 Å². The van der Waals surface area contributed by atoms with E-state index in [1.807, 2.05) is 0 Å². The first-order chi connectivity index (χ1) is 19.0. The van der Waals surface area contributed by atoms with Crippen molar-refractivity contribution in [2.24, 2.45) is 0 Å². The topological polar surface area (TPSA) is 243 Å². The van der Waals surface area contributed by atoms with E-state index in [2.05, 4.69) is 16.0 Å². The fraction of sp³-hybridized carbons (Fsp3) is 0.455. The van der Waals surface area contributed by atoms with Gasteiger partial charge in [-0.05, 0) is 31.5 Å². The number of carboxylic acids is 1. The molecule has 3 aliphatic rings. The summed E-state index contributed by atoms with van der Waals surface area (Å²) >= 11 is 0. The van der Waals surface area contributed by atoms with Crippen molar-refractivity contribution < 1.29 is 81.2 Å². The summed E-state index contributed by atoms with van der Waals surface area (Å²) in [5, 5.41) is 27.6. The van der Waals surface area contributed by atoms with Crippen molar-refractivity contribution in [3.63, 3.8) is 0 Å². The number of hydrogen-bond donors (Lipinski definition) is 4. The molecular weight excluding hydrogens is 611 g/mol. The molecule has 0 saturated carbocycles. The van der Waals surface area contributed by atoms with Gasteiger partial charge in [-0.3, -0.25) is 23.5 Å². The molecule has 0 spiro atoms. The first-order valence-corrected chi connectivity index (χ1v) is 14.9. The molecule has 222 valence electrons. The Balaban J connectivity index is 0.00000484. The van der Waals surface area contributed by atoms with Crippen LogP contribution in [0.5, 0.6) is 5.75 Å². The number of sulfonamides is 1. The zero-order valence-corrected chi connectivity index (χ0v) is 26.4. The minimum atomic E-state index is -4.00. The van der Waals surface area contributed by atoms with E-state index >= 15 is 0 Å². The van der Waals surface area contributed by atoms with E-state index in [-0.39, 0.29) is 60.4 Å². The Labute approximate surface area is 263 Å². The Bertz CT molecular complexity index is 1490. The largest absolute Gasteiger partial charge is 1.00 e. The van der Waals surface area contributed by atoms with E-state index < -0.39 is 78.5 Å². The number of carboxylic acid groups (broad SMARTS) is 1. The number of benzene rings is 1. The summed E-state index contributed by atoms with van der Waals surface area (Å²) < 4.78 is 35.6. The minimum Gasteiger partial charge on any atom is -0.545 e. The average molecular weight is 637 g/mol. The number of β-lactam (4-membered cyclic amide) rings is 1. The molecule has 4 rings (SSSR count). The van der Waals surface area contributed by atoms with Crippen LogP contribution in [0.3, 0.4) is 0 Å². The van der Waals surface area contributed by atoms with Crippen LogP contribution >= 0.6 is 0 Å². The number of nitrogens with zero attached hydrogens (tertiary/aromatic N) is 3. The van der Waals surface area contributed by atoms with Gasteiger partial charge in [0.1, 0.15) is 23.2 Å². The van der Waals surface area contributed by atoms with Crippen LogP contribution in [0.1, 0.15) is 25.5 Å². The van der Waals surface area contributed by atoms with Gasteiger partial charge in [0.05, 0.1) is 40.9 Å². The van der Waals surface area contributed by atoms with Crippen LogP contribution in [-0.2, 0) is 40.0 Å². The quantitative estimate of drug-likeness (QED) is 0.119. The van der Waals surface area contributed by atoms with Gasteiger partial charge in [0.25, 0.3) is 5.91 Å². The van der Waals surface area contributed by atoms with Gasteiger partial charge >= 0.3 is 41.6 Å². The Morgan fingerprint density at radius 1 is 1.17 bits per heavy atom. The summed E-state index contributed by atoms with van der Waals surface area (Å²) in [7, 11) is -6.16. The van der Waals surface area contributed by atoms with Crippen molar-refractivity contribution in [2.45, 2.75) is 41.7 Å². The molecule has 42 heavy (non-hydrogen) atoms. The Kier molecular flexibility index (Phi) is 9.05. The monoisotopic (exact) mass is 636 g/mol. The predicted molar refractivity (Wildman–Crippen MR) is 135 cm³/mol. The zero-order valence-electron chi connectivity index (χ0n) is 22.7. The summed E-state index contributed by atoms with van der Waals surface area (Å²) in [5.74, 6) is -4.43. The number of aromatic hydroxyl groups is 1. The minimum absolute atomic E-state index is 0. The molecule has 0 bridgehead atoms. The van der Waals surface area contributed by atoms with Gasteiger partial charge in [-0.15, -0.1) is 0 Å². The molecular formula is C22H25N6NaO11S2. The molecule has 17 nitrogen and oxygen atoms in total. The molecule has 0 radical (unpaired) electrons. The fourth-order valence-electron chi connectivity index (χ4n) is 5.04.